The Kier molecular flexibility index (Phi) is 5.65. The van der Waals surface area contributed by atoms with Crippen LogP contribution in [0.2, 0.25) is 0 Å². The first-order valence-corrected chi connectivity index (χ1v) is 5.80. The van der Waals surface area contributed by atoms with E-state index in [-0.39, 0.29) is 11.9 Å². The van der Waals surface area contributed by atoms with Gasteiger partial charge in [0.05, 0.1) is 6.61 Å². The van der Waals surface area contributed by atoms with Crippen LogP contribution in [0.15, 0.2) is 0 Å². The third-order valence-corrected chi connectivity index (χ3v) is 2.66. The molecule has 4 nitrogen and oxygen atoms in total. The van der Waals surface area contributed by atoms with Crippen LogP contribution in [0.4, 0.5) is 0 Å². The van der Waals surface area contributed by atoms with Crippen molar-refractivity contribution in [3.63, 3.8) is 0 Å². The lowest BCUT2D eigenvalue weighted by Gasteiger charge is -2.13. The van der Waals surface area contributed by atoms with E-state index in [0.717, 1.165) is 32.7 Å². The molecule has 88 valence electrons. The molecule has 0 bridgehead atoms. The zero-order chi connectivity index (χ0) is 11.1. The second kappa shape index (κ2) is 6.80. The highest BCUT2D eigenvalue weighted by atomic mass is 16.5. The number of ether oxygens (including phenoxy) is 1. The van der Waals surface area contributed by atoms with Crippen molar-refractivity contribution in [2.24, 2.45) is 5.92 Å². The van der Waals surface area contributed by atoms with E-state index in [4.69, 9.17) is 4.74 Å². The molecule has 1 aliphatic heterocycles. The topological polar surface area (TPSA) is 50.4 Å². The van der Waals surface area contributed by atoms with Gasteiger partial charge >= 0.3 is 0 Å². The summed E-state index contributed by atoms with van der Waals surface area (Å²) in [4.78, 5) is 11.5. The molecule has 4 heteroatoms. The van der Waals surface area contributed by atoms with Crippen LogP contribution >= 0.6 is 0 Å². The van der Waals surface area contributed by atoms with Crippen LogP contribution in [0.25, 0.3) is 0 Å². The fraction of sp³-hybridized carbons (Fsp3) is 0.909. The fourth-order valence-corrected chi connectivity index (χ4v) is 1.77. The van der Waals surface area contributed by atoms with E-state index in [2.05, 4.69) is 10.6 Å². The fourth-order valence-electron chi connectivity index (χ4n) is 1.77. The maximum absolute atomic E-state index is 11.5. The number of nitrogens with one attached hydrogen (secondary N) is 2. The minimum absolute atomic E-state index is 0.135. The van der Waals surface area contributed by atoms with E-state index in [1.54, 1.807) is 0 Å². The molecule has 2 unspecified atom stereocenters. The molecule has 0 saturated carbocycles. The van der Waals surface area contributed by atoms with Crippen LogP contribution in [-0.2, 0) is 9.53 Å². The summed E-state index contributed by atoms with van der Waals surface area (Å²) < 4.78 is 5.25. The summed E-state index contributed by atoms with van der Waals surface area (Å²) in [6.07, 6.45) is 1.63. The third-order valence-electron chi connectivity index (χ3n) is 2.66. The number of carbonyl (C=O) groups is 1. The minimum atomic E-state index is 0.135. The van der Waals surface area contributed by atoms with Gasteiger partial charge < -0.3 is 15.4 Å². The first kappa shape index (κ1) is 12.5. The van der Waals surface area contributed by atoms with Crippen molar-refractivity contribution in [1.29, 1.82) is 0 Å². The molecule has 1 rings (SSSR count). The summed E-state index contributed by atoms with van der Waals surface area (Å²) in [5, 5.41) is 6.17. The van der Waals surface area contributed by atoms with Crippen molar-refractivity contribution in [1.82, 2.24) is 10.6 Å². The van der Waals surface area contributed by atoms with Crippen molar-refractivity contribution >= 4 is 5.91 Å². The molecule has 1 aliphatic rings. The lowest BCUT2D eigenvalue weighted by atomic mass is 10.1. The highest BCUT2D eigenvalue weighted by Crippen LogP contribution is 2.10. The Labute approximate surface area is 91.8 Å². The Morgan fingerprint density at radius 1 is 1.60 bits per heavy atom. The minimum Gasteiger partial charge on any atom is -0.381 e. The molecule has 2 N–H and O–H groups in total. The SMILES string of the molecule is CCNC(C)CC(=O)NCC1CCOC1. The van der Waals surface area contributed by atoms with E-state index >= 15 is 0 Å². The van der Waals surface area contributed by atoms with Crippen molar-refractivity contribution in [2.45, 2.75) is 32.7 Å². The number of hydrogen-bond donors (Lipinski definition) is 2. The second-order valence-electron chi connectivity index (χ2n) is 4.20. The lowest BCUT2D eigenvalue weighted by molar-refractivity contribution is -0.121. The summed E-state index contributed by atoms with van der Waals surface area (Å²) in [6, 6.07) is 0.259. The van der Waals surface area contributed by atoms with Gasteiger partial charge in [0.15, 0.2) is 0 Å². The van der Waals surface area contributed by atoms with Crippen LogP contribution in [0.5, 0.6) is 0 Å². The van der Waals surface area contributed by atoms with Gasteiger partial charge in [-0.2, -0.15) is 0 Å². The monoisotopic (exact) mass is 214 g/mol. The third kappa shape index (κ3) is 5.14. The van der Waals surface area contributed by atoms with Crippen LogP contribution in [-0.4, -0.2) is 38.3 Å². The molecule has 2 atom stereocenters. The molecule has 15 heavy (non-hydrogen) atoms. The summed E-state index contributed by atoms with van der Waals surface area (Å²) >= 11 is 0. The number of rotatable bonds is 6. The van der Waals surface area contributed by atoms with Gasteiger partial charge in [-0.05, 0) is 19.9 Å². The van der Waals surface area contributed by atoms with Crippen molar-refractivity contribution in [2.75, 3.05) is 26.3 Å². The van der Waals surface area contributed by atoms with E-state index in [1.165, 1.54) is 0 Å². The van der Waals surface area contributed by atoms with Gasteiger partial charge in [0.1, 0.15) is 0 Å². The van der Waals surface area contributed by atoms with Crippen LogP contribution in [0, 0.1) is 5.92 Å². The molecule has 0 radical (unpaired) electrons. The number of hydrogen-bond acceptors (Lipinski definition) is 3. The average Bonchev–Trinajstić information content (AvgIpc) is 2.67. The Balaban J connectivity index is 2.07. The summed E-state index contributed by atoms with van der Waals surface area (Å²) in [5.41, 5.74) is 0. The van der Waals surface area contributed by atoms with Gasteiger partial charge in [0, 0.05) is 31.5 Å². The molecular formula is C11H22N2O2. The maximum atomic E-state index is 11.5. The van der Waals surface area contributed by atoms with E-state index in [9.17, 15) is 4.79 Å². The molecule has 1 saturated heterocycles. The first-order chi connectivity index (χ1) is 7.22. The molecule has 0 aromatic rings. The summed E-state index contributed by atoms with van der Waals surface area (Å²) in [7, 11) is 0. The number of amides is 1. The summed E-state index contributed by atoms with van der Waals surface area (Å²) in [6.45, 7) is 7.38. The van der Waals surface area contributed by atoms with Gasteiger partial charge in [0.25, 0.3) is 0 Å². The zero-order valence-electron chi connectivity index (χ0n) is 9.71. The van der Waals surface area contributed by atoms with Crippen LogP contribution < -0.4 is 10.6 Å². The van der Waals surface area contributed by atoms with Crippen molar-refractivity contribution in [3.8, 4) is 0 Å². The molecule has 0 aromatic carbocycles. The van der Waals surface area contributed by atoms with Crippen LogP contribution in [0.3, 0.4) is 0 Å². The van der Waals surface area contributed by atoms with Crippen molar-refractivity contribution < 1.29 is 9.53 Å². The standard InChI is InChI=1S/C11H22N2O2/c1-3-12-9(2)6-11(14)13-7-10-4-5-15-8-10/h9-10,12H,3-8H2,1-2H3,(H,13,14). The molecule has 1 heterocycles. The Bertz CT molecular complexity index is 191. The van der Waals surface area contributed by atoms with Crippen LogP contribution in [0.1, 0.15) is 26.7 Å². The normalized spacial score (nSPS) is 22.7. The highest BCUT2D eigenvalue weighted by Gasteiger charge is 2.16. The van der Waals surface area contributed by atoms with Gasteiger partial charge in [-0.3, -0.25) is 4.79 Å². The van der Waals surface area contributed by atoms with Gasteiger partial charge in [-0.1, -0.05) is 6.92 Å². The Hall–Kier alpha value is -0.610. The Morgan fingerprint density at radius 2 is 2.40 bits per heavy atom. The molecule has 0 aromatic heterocycles. The first-order valence-electron chi connectivity index (χ1n) is 5.80. The van der Waals surface area contributed by atoms with Gasteiger partial charge in [-0.15, -0.1) is 0 Å². The quantitative estimate of drug-likeness (QED) is 0.678. The molecule has 0 aliphatic carbocycles. The summed E-state index contributed by atoms with van der Waals surface area (Å²) in [5.74, 6) is 0.652. The van der Waals surface area contributed by atoms with E-state index < -0.39 is 0 Å². The molecule has 0 spiro atoms. The largest absolute Gasteiger partial charge is 0.381 e. The maximum Gasteiger partial charge on any atom is 0.221 e. The lowest BCUT2D eigenvalue weighted by Crippen LogP contribution is -2.35. The average molecular weight is 214 g/mol. The molecular weight excluding hydrogens is 192 g/mol. The number of carbonyl (C=O) groups excluding carboxylic acids is 1. The Morgan fingerprint density at radius 3 is 3.00 bits per heavy atom. The van der Waals surface area contributed by atoms with Gasteiger partial charge in [0.2, 0.25) is 5.91 Å². The molecule has 1 fully saturated rings. The van der Waals surface area contributed by atoms with Gasteiger partial charge in [-0.25, -0.2) is 0 Å². The molecule has 1 amide bonds. The van der Waals surface area contributed by atoms with E-state index in [0.29, 0.717) is 12.3 Å². The highest BCUT2D eigenvalue weighted by molar-refractivity contribution is 5.76. The predicted octanol–water partition coefficient (Wildman–Crippen LogP) is 0.527. The zero-order valence-corrected chi connectivity index (χ0v) is 9.71. The van der Waals surface area contributed by atoms with Crippen molar-refractivity contribution in [3.05, 3.63) is 0 Å². The van der Waals surface area contributed by atoms with E-state index in [1.807, 2.05) is 13.8 Å². The predicted molar refractivity (Wildman–Crippen MR) is 59.7 cm³/mol. The second-order valence-corrected chi connectivity index (χ2v) is 4.20. The smallest absolute Gasteiger partial charge is 0.221 e.